The van der Waals surface area contributed by atoms with Crippen LogP contribution in [0.5, 0.6) is 0 Å². The van der Waals surface area contributed by atoms with Crippen LogP contribution in [0.25, 0.3) is 0 Å². The van der Waals surface area contributed by atoms with Crippen molar-refractivity contribution in [1.29, 1.82) is 0 Å². The van der Waals surface area contributed by atoms with E-state index in [9.17, 15) is 13.2 Å². The van der Waals surface area contributed by atoms with E-state index in [0.717, 1.165) is 5.56 Å². The lowest BCUT2D eigenvalue weighted by atomic mass is 10.3. The number of anilines is 1. The van der Waals surface area contributed by atoms with Crippen LogP contribution in [-0.2, 0) is 20.6 Å². The van der Waals surface area contributed by atoms with Crippen LogP contribution in [0.4, 0.5) is 5.82 Å². The van der Waals surface area contributed by atoms with Crippen LogP contribution in [0.15, 0.2) is 40.2 Å². The summed E-state index contributed by atoms with van der Waals surface area (Å²) in [6.07, 6.45) is 3.30. The summed E-state index contributed by atoms with van der Waals surface area (Å²) in [5, 5.41) is 9.59. The van der Waals surface area contributed by atoms with Crippen molar-refractivity contribution in [3.8, 4) is 0 Å². The summed E-state index contributed by atoms with van der Waals surface area (Å²) in [5.41, 5.74) is 1.41. The average Bonchev–Trinajstić information content (AvgIpc) is 3.25. The highest BCUT2D eigenvalue weighted by Crippen LogP contribution is 2.13. The molecule has 0 saturated carbocycles. The Morgan fingerprint density at radius 3 is 2.61 bits per heavy atom. The quantitative estimate of drug-likeness (QED) is 0.459. The molecule has 168 valence electrons. The maximum Gasteiger partial charge on any atom is 0.227 e. The maximum atomic E-state index is 12.5. The first-order valence-electron chi connectivity index (χ1n) is 9.92. The molecule has 2 aromatic rings. The SMILES string of the molecule is CN=C(NCCC(=O)Nc1ccc(C)cn1)N1CCN(S(=O)(=O)Cc2ccon2)CC1. The van der Waals surface area contributed by atoms with Crippen molar-refractivity contribution in [3.05, 3.63) is 41.9 Å². The molecule has 1 aliphatic rings. The lowest BCUT2D eigenvalue weighted by molar-refractivity contribution is -0.116. The molecule has 3 rings (SSSR count). The molecule has 1 fully saturated rings. The zero-order chi connectivity index (χ0) is 22.3. The minimum Gasteiger partial charge on any atom is -0.364 e. The monoisotopic (exact) mass is 449 g/mol. The van der Waals surface area contributed by atoms with Gasteiger partial charge in [0.2, 0.25) is 15.9 Å². The highest BCUT2D eigenvalue weighted by molar-refractivity contribution is 7.88. The first-order valence-corrected chi connectivity index (χ1v) is 11.5. The van der Waals surface area contributed by atoms with Crippen molar-refractivity contribution in [3.63, 3.8) is 0 Å². The Bertz CT molecular complexity index is 983. The standard InChI is InChI=1S/C19H27N7O4S/c1-15-3-4-17(22-13-15)23-18(27)5-7-21-19(20-2)25-8-10-26(11-9-25)31(28,29)14-16-6-12-30-24-16/h3-4,6,12-13H,5,7-11,14H2,1-2H3,(H,20,21)(H,22,23,27). The van der Waals surface area contributed by atoms with Crippen LogP contribution < -0.4 is 10.6 Å². The van der Waals surface area contributed by atoms with Gasteiger partial charge in [-0.05, 0) is 18.6 Å². The molecule has 1 aliphatic heterocycles. The zero-order valence-electron chi connectivity index (χ0n) is 17.6. The number of carbonyl (C=O) groups is 1. The topological polar surface area (TPSA) is 133 Å². The summed E-state index contributed by atoms with van der Waals surface area (Å²) in [4.78, 5) is 22.5. The molecule has 11 nitrogen and oxygen atoms in total. The second-order valence-corrected chi connectivity index (χ2v) is 9.09. The summed E-state index contributed by atoms with van der Waals surface area (Å²) < 4.78 is 31.2. The van der Waals surface area contributed by atoms with Gasteiger partial charge < -0.3 is 20.1 Å². The number of aliphatic imine (C=N–C) groups is 1. The van der Waals surface area contributed by atoms with Gasteiger partial charge in [-0.15, -0.1) is 0 Å². The average molecular weight is 450 g/mol. The summed E-state index contributed by atoms with van der Waals surface area (Å²) in [5.74, 6) is 0.822. The van der Waals surface area contributed by atoms with E-state index in [4.69, 9.17) is 4.52 Å². The van der Waals surface area contributed by atoms with Crippen molar-refractivity contribution in [1.82, 2.24) is 24.7 Å². The minimum atomic E-state index is -3.46. The Balaban J connectivity index is 1.42. The summed E-state index contributed by atoms with van der Waals surface area (Å²) in [6.45, 7) is 4.02. The Labute approximate surface area is 181 Å². The molecule has 0 aromatic carbocycles. The van der Waals surface area contributed by atoms with Crippen molar-refractivity contribution in [2.75, 3.05) is 45.1 Å². The number of guanidine groups is 1. The van der Waals surface area contributed by atoms with Gasteiger partial charge in [0.15, 0.2) is 5.96 Å². The Morgan fingerprint density at radius 1 is 1.23 bits per heavy atom. The summed E-state index contributed by atoms with van der Waals surface area (Å²) in [7, 11) is -1.80. The molecule has 0 aliphatic carbocycles. The minimum absolute atomic E-state index is 0.150. The molecule has 2 N–H and O–H groups in total. The van der Waals surface area contributed by atoms with E-state index in [-0.39, 0.29) is 18.1 Å². The number of hydrogen-bond acceptors (Lipinski definition) is 7. The number of carbonyl (C=O) groups excluding carboxylic acids is 1. The number of amides is 1. The molecule has 0 unspecified atom stereocenters. The molecule has 12 heteroatoms. The predicted molar refractivity (Wildman–Crippen MR) is 116 cm³/mol. The molecule has 0 spiro atoms. The molecule has 0 bridgehead atoms. The van der Waals surface area contributed by atoms with Crippen molar-refractivity contribution in [2.24, 2.45) is 4.99 Å². The fraction of sp³-hybridized carbons (Fsp3) is 0.474. The van der Waals surface area contributed by atoms with Crippen molar-refractivity contribution in [2.45, 2.75) is 19.1 Å². The number of sulfonamides is 1. The fourth-order valence-electron chi connectivity index (χ4n) is 3.14. The molecule has 1 saturated heterocycles. The van der Waals surface area contributed by atoms with E-state index in [1.165, 1.54) is 10.6 Å². The van der Waals surface area contributed by atoms with Gasteiger partial charge in [-0.25, -0.2) is 13.4 Å². The smallest absolute Gasteiger partial charge is 0.227 e. The molecule has 3 heterocycles. The second-order valence-electron chi connectivity index (χ2n) is 7.13. The molecule has 2 aromatic heterocycles. The predicted octanol–water partition coefficient (Wildman–Crippen LogP) is 0.430. The number of nitrogens with zero attached hydrogens (tertiary/aromatic N) is 5. The van der Waals surface area contributed by atoms with E-state index >= 15 is 0 Å². The van der Waals surface area contributed by atoms with Crippen LogP contribution in [0, 0.1) is 6.92 Å². The first-order chi connectivity index (χ1) is 14.9. The molecule has 0 radical (unpaired) electrons. The number of rotatable bonds is 7. The number of nitrogens with one attached hydrogen (secondary N) is 2. The number of piperazine rings is 1. The van der Waals surface area contributed by atoms with Gasteiger partial charge in [0, 0.05) is 58.5 Å². The Morgan fingerprint density at radius 2 is 2.00 bits per heavy atom. The van der Waals surface area contributed by atoms with Gasteiger partial charge in [0.1, 0.15) is 17.8 Å². The van der Waals surface area contributed by atoms with Gasteiger partial charge in [0.25, 0.3) is 0 Å². The molecular formula is C19H27N7O4S. The lowest BCUT2D eigenvalue weighted by Gasteiger charge is -2.35. The van der Waals surface area contributed by atoms with E-state index in [2.05, 4.69) is 25.8 Å². The third-order valence-corrected chi connectivity index (χ3v) is 6.59. The van der Waals surface area contributed by atoms with Gasteiger partial charge in [-0.1, -0.05) is 11.2 Å². The second kappa shape index (κ2) is 10.4. The van der Waals surface area contributed by atoms with E-state index in [1.807, 2.05) is 17.9 Å². The van der Waals surface area contributed by atoms with Gasteiger partial charge in [0.05, 0.1) is 5.69 Å². The number of pyridine rings is 1. The number of aromatic nitrogens is 2. The van der Waals surface area contributed by atoms with Crippen molar-refractivity contribution < 1.29 is 17.7 Å². The van der Waals surface area contributed by atoms with Crippen LogP contribution in [0.1, 0.15) is 17.7 Å². The molecule has 0 atom stereocenters. The van der Waals surface area contributed by atoms with Crippen LogP contribution in [0.2, 0.25) is 0 Å². The van der Waals surface area contributed by atoms with E-state index in [1.54, 1.807) is 25.4 Å². The normalized spacial score (nSPS) is 15.7. The fourth-order valence-corrected chi connectivity index (χ4v) is 4.56. The molecule has 1 amide bonds. The molecule has 31 heavy (non-hydrogen) atoms. The van der Waals surface area contributed by atoms with E-state index < -0.39 is 10.0 Å². The Hall–Kier alpha value is -2.99. The van der Waals surface area contributed by atoms with Crippen LogP contribution in [-0.4, -0.2) is 79.4 Å². The molecular weight excluding hydrogens is 422 g/mol. The highest BCUT2D eigenvalue weighted by Gasteiger charge is 2.29. The van der Waals surface area contributed by atoms with Gasteiger partial charge in [-0.2, -0.15) is 4.31 Å². The lowest BCUT2D eigenvalue weighted by Crippen LogP contribution is -2.54. The van der Waals surface area contributed by atoms with Gasteiger partial charge >= 0.3 is 0 Å². The first kappa shape index (κ1) is 22.7. The zero-order valence-corrected chi connectivity index (χ0v) is 18.4. The van der Waals surface area contributed by atoms with Crippen molar-refractivity contribution >= 4 is 27.7 Å². The summed E-state index contributed by atoms with van der Waals surface area (Å²) in [6, 6.07) is 5.19. The third kappa shape index (κ3) is 6.49. The maximum absolute atomic E-state index is 12.5. The van der Waals surface area contributed by atoms with Gasteiger partial charge in [-0.3, -0.25) is 9.79 Å². The number of hydrogen-bond donors (Lipinski definition) is 2. The Kier molecular flexibility index (Phi) is 7.58. The van der Waals surface area contributed by atoms with Crippen LogP contribution >= 0.6 is 0 Å². The highest BCUT2D eigenvalue weighted by atomic mass is 32.2. The largest absolute Gasteiger partial charge is 0.364 e. The summed E-state index contributed by atoms with van der Waals surface area (Å²) >= 11 is 0. The van der Waals surface area contributed by atoms with E-state index in [0.29, 0.717) is 50.2 Å². The number of aryl methyl sites for hydroxylation is 1. The van der Waals surface area contributed by atoms with Crippen LogP contribution in [0.3, 0.4) is 0 Å². The third-order valence-electron chi connectivity index (χ3n) is 4.78.